The van der Waals surface area contributed by atoms with E-state index in [1.54, 1.807) is 6.07 Å². The van der Waals surface area contributed by atoms with Gasteiger partial charge in [-0.3, -0.25) is 0 Å². The van der Waals surface area contributed by atoms with E-state index in [1.165, 1.54) is 11.1 Å². The molecule has 1 aliphatic carbocycles. The van der Waals surface area contributed by atoms with E-state index in [0.29, 0.717) is 31.5 Å². The summed E-state index contributed by atoms with van der Waals surface area (Å²) in [5.41, 5.74) is 4.51. The first-order chi connectivity index (χ1) is 11.8. The average Bonchev–Trinajstić information content (AvgIpc) is 3.04. The fraction of sp³-hybridized carbons (Fsp3) is 0.400. The molecule has 0 aromatic heterocycles. The predicted octanol–water partition coefficient (Wildman–Crippen LogP) is 3.44. The highest BCUT2D eigenvalue weighted by atomic mass is 19.1. The Bertz CT molecular complexity index is 713. The molecule has 2 aromatic carbocycles. The van der Waals surface area contributed by atoms with Crippen LogP contribution in [0.15, 0.2) is 42.5 Å². The van der Waals surface area contributed by atoms with Gasteiger partial charge in [0.2, 0.25) is 0 Å². The van der Waals surface area contributed by atoms with Crippen molar-refractivity contribution < 1.29 is 9.13 Å². The molecule has 0 amide bonds. The fourth-order valence-corrected chi connectivity index (χ4v) is 3.73. The first-order valence-corrected chi connectivity index (χ1v) is 8.73. The van der Waals surface area contributed by atoms with Gasteiger partial charge >= 0.3 is 0 Å². The third-order valence-corrected chi connectivity index (χ3v) is 5.05. The Kier molecular flexibility index (Phi) is 4.50. The molecule has 126 valence electrons. The highest BCUT2D eigenvalue weighted by Crippen LogP contribution is 2.31. The Morgan fingerprint density at radius 3 is 2.79 bits per heavy atom. The van der Waals surface area contributed by atoms with Gasteiger partial charge in [-0.1, -0.05) is 30.3 Å². The predicted molar refractivity (Wildman–Crippen MR) is 93.8 cm³/mol. The Morgan fingerprint density at radius 2 is 1.96 bits per heavy atom. The van der Waals surface area contributed by atoms with Crippen molar-refractivity contribution in [3.63, 3.8) is 0 Å². The van der Waals surface area contributed by atoms with E-state index in [0.717, 1.165) is 31.5 Å². The van der Waals surface area contributed by atoms with Crippen molar-refractivity contribution in [1.29, 1.82) is 0 Å². The maximum atomic E-state index is 14.5. The van der Waals surface area contributed by atoms with Crippen LogP contribution >= 0.6 is 0 Å². The lowest BCUT2D eigenvalue weighted by molar-refractivity contribution is 0.122. The molecule has 1 saturated heterocycles. The van der Waals surface area contributed by atoms with Crippen molar-refractivity contribution in [2.45, 2.75) is 25.4 Å². The molecule has 1 N–H and O–H groups in total. The SMILES string of the molecule is Fc1cc(CN[C@H]2CCc3ccccc32)ccc1N1CCOCC1. The van der Waals surface area contributed by atoms with Crippen molar-refractivity contribution in [2.24, 2.45) is 0 Å². The normalized spacial score (nSPS) is 20.2. The highest BCUT2D eigenvalue weighted by molar-refractivity contribution is 5.49. The molecule has 2 aliphatic rings. The summed E-state index contributed by atoms with van der Waals surface area (Å²) in [6.45, 7) is 3.55. The van der Waals surface area contributed by atoms with Crippen LogP contribution in [0, 0.1) is 5.82 Å². The molecule has 0 saturated carbocycles. The van der Waals surface area contributed by atoms with Crippen LogP contribution in [0.5, 0.6) is 0 Å². The number of benzene rings is 2. The number of anilines is 1. The smallest absolute Gasteiger partial charge is 0.146 e. The van der Waals surface area contributed by atoms with Crippen LogP contribution in [0.4, 0.5) is 10.1 Å². The second kappa shape index (κ2) is 6.91. The summed E-state index contributed by atoms with van der Waals surface area (Å²) in [6.07, 6.45) is 2.24. The lowest BCUT2D eigenvalue weighted by atomic mass is 10.1. The van der Waals surface area contributed by atoms with Crippen LogP contribution in [0.2, 0.25) is 0 Å². The van der Waals surface area contributed by atoms with Crippen LogP contribution in [0.3, 0.4) is 0 Å². The van der Waals surface area contributed by atoms with E-state index in [4.69, 9.17) is 4.74 Å². The van der Waals surface area contributed by atoms with Gasteiger partial charge in [-0.15, -0.1) is 0 Å². The summed E-state index contributed by atoms with van der Waals surface area (Å²) in [5.74, 6) is -0.136. The molecule has 1 aliphatic heterocycles. The van der Waals surface area contributed by atoms with Crippen LogP contribution in [-0.2, 0) is 17.7 Å². The topological polar surface area (TPSA) is 24.5 Å². The Morgan fingerprint density at radius 1 is 1.12 bits per heavy atom. The van der Waals surface area contributed by atoms with Crippen molar-refractivity contribution in [1.82, 2.24) is 5.32 Å². The van der Waals surface area contributed by atoms with Gasteiger partial charge in [0.15, 0.2) is 0 Å². The minimum absolute atomic E-state index is 0.136. The van der Waals surface area contributed by atoms with E-state index in [9.17, 15) is 4.39 Å². The number of hydrogen-bond donors (Lipinski definition) is 1. The number of nitrogens with one attached hydrogen (secondary N) is 1. The monoisotopic (exact) mass is 326 g/mol. The van der Waals surface area contributed by atoms with Gasteiger partial charge in [-0.25, -0.2) is 4.39 Å². The molecule has 1 atom stereocenters. The minimum atomic E-state index is -0.136. The van der Waals surface area contributed by atoms with Gasteiger partial charge in [0.25, 0.3) is 0 Å². The molecular weight excluding hydrogens is 303 g/mol. The Labute approximate surface area is 142 Å². The average molecular weight is 326 g/mol. The molecule has 1 heterocycles. The van der Waals surface area contributed by atoms with Crippen molar-refractivity contribution in [3.05, 3.63) is 65.0 Å². The quantitative estimate of drug-likeness (QED) is 0.931. The zero-order valence-corrected chi connectivity index (χ0v) is 13.8. The van der Waals surface area contributed by atoms with E-state index in [-0.39, 0.29) is 5.82 Å². The largest absolute Gasteiger partial charge is 0.378 e. The number of nitrogens with zero attached hydrogens (tertiary/aromatic N) is 1. The summed E-state index contributed by atoms with van der Waals surface area (Å²) in [5, 5.41) is 3.58. The number of aryl methyl sites for hydroxylation is 1. The summed E-state index contributed by atoms with van der Waals surface area (Å²) in [4.78, 5) is 2.06. The Balaban J connectivity index is 1.41. The van der Waals surface area contributed by atoms with E-state index in [2.05, 4.69) is 34.5 Å². The zero-order chi connectivity index (χ0) is 16.4. The molecule has 0 radical (unpaired) electrons. The fourth-order valence-electron chi connectivity index (χ4n) is 3.73. The third-order valence-electron chi connectivity index (χ3n) is 5.05. The summed E-state index contributed by atoms with van der Waals surface area (Å²) < 4.78 is 19.8. The minimum Gasteiger partial charge on any atom is -0.378 e. The third kappa shape index (κ3) is 3.17. The van der Waals surface area contributed by atoms with Gasteiger partial charge in [-0.05, 0) is 41.7 Å². The number of fused-ring (bicyclic) bond motifs is 1. The standard InChI is InChI=1S/C20H23FN2O/c21-18-13-15(5-8-20(18)23-9-11-24-12-10-23)14-22-19-7-6-16-3-1-2-4-17(16)19/h1-5,8,13,19,22H,6-7,9-12,14H2/t19-/m0/s1. The second-order valence-corrected chi connectivity index (χ2v) is 6.56. The zero-order valence-electron chi connectivity index (χ0n) is 13.8. The summed E-state index contributed by atoms with van der Waals surface area (Å²) >= 11 is 0. The van der Waals surface area contributed by atoms with Crippen LogP contribution < -0.4 is 10.2 Å². The maximum Gasteiger partial charge on any atom is 0.146 e. The lowest BCUT2D eigenvalue weighted by Gasteiger charge is -2.29. The molecule has 24 heavy (non-hydrogen) atoms. The van der Waals surface area contributed by atoms with Crippen LogP contribution in [-0.4, -0.2) is 26.3 Å². The Hall–Kier alpha value is -1.91. The molecule has 0 spiro atoms. The molecular formula is C20H23FN2O. The van der Waals surface area contributed by atoms with Gasteiger partial charge in [0.1, 0.15) is 5.82 Å². The first kappa shape index (κ1) is 15.6. The van der Waals surface area contributed by atoms with E-state index < -0.39 is 0 Å². The van der Waals surface area contributed by atoms with Gasteiger partial charge < -0.3 is 15.0 Å². The van der Waals surface area contributed by atoms with E-state index in [1.807, 2.05) is 12.1 Å². The molecule has 1 fully saturated rings. The van der Waals surface area contributed by atoms with Gasteiger partial charge in [0.05, 0.1) is 18.9 Å². The first-order valence-electron chi connectivity index (χ1n) is 8.73. The highest BCUT2D eigenvalue weighted by Gasteiger charge is 2.21. The van der Waals surface area contributed by atoms with Crippen molar-refractivity contribution >= 4 is 5.69 Å². The van der Waals surface area contributed by atoms with Crippen LogP contribution in [0.25, 0.3) is 0 Å². The van der Waals surface area contributed by atoms with Gasteiger partial charge in [0, 0.05) is 25.7 Å². The van der Waals surface area contributed by atoms with Gasteiger partial charge in [-0.2, -0.15) is 0 Å². The number of halogens is 1. The number of hydrogen-bond acceptors (Lipinski definition) is 3. The summed E-state index contributed by atoms with van der Waals surface area (Å²) in [7, 11) is 0. The summed E-state index contributed by atoms with van der Waals surface area (Å²) in [6, 6.07) is 14.6. The molecule has 2 aromatic rings. The van der Waals surface area contributed by atoms with Crippen LogP contribution in [0.1, 0.15) is 29.2 Å². The number of morpholine rings is 1. The molecule has 0 unspecified atom stereocenters. The van der Waals surface area contributed by atoms with Crippen molar-refractivity contribution in [3.8, 4) is 0 Å². The lowest BCUT2D eigenvalue weighted by Crippen LogP contribution is -2.36. The van der Waals surface area contributed by atoms with E-state index >= 15 is 0 Å². The molecule has 4 heteroatoms. The number of ether oxygens (including phenoxy) is 1. The number of rotatable bonds is 4. The molecule has 4 rings (SSSR count). The second-order valence-electron chi connectivity index (χ2n) is 6.56. The molecule has 0 bridgehead atoms. The molecule has 3 nitrogen and oxygen atoms in total. The van der Waals surface area contributed by atoms with Crippen molar-refractivity contribution in [2.75, 3.05) is 31.2 Å². The maximum absolute atomic E-state index is 14.5.